The van der Waals surface area contributed by atoms with Crippen LogP contribution in [0, 0.1) is 0 Å². The van der Waals surface area contributed by atoms with Gasteiger partial charge >= 0.3 is 0 Å². The summed E-state index contributed by atoms with van der Waals surface area (Å²) < 4.78 is 0. The number of rotatable bonds is 15. The minimum absolute atomic E-state index is 0.260. The van der Waals surface area contributed by atoms with Crippen molar-refractivity contribution in [2.45, 2.75) is 35.5 Å². The van der Waals surface area contributed by atoms with Crippen molar-refractivity contribution in [3.63, 3.8) is 0 Å². The molecular weight excluding hydrogens is 1690 g/mol. The minimum atomic E-state index is -0.666. The quantitative estimate of drug-likeness (QED) is 0.101. The van der Waals surface area contributed by atoms with E-state index >= 15 is 0 Å². The van der Waals surface area contributed by atoms with Crippen LogP contribution >= 0.6 is 0 Å². The summed E-state index contributed by atoms with van der Waals surface area (Å²) in [5.41, 5.74) is 54.6. The maximum atomic E-state index is 2.52. The van der Waals surface area contributed by atoms with Crippen molar-refractivity contribution in [2.75, 3.05) is 9.80 Å². The maximum absolute atomic E-state index is 2.52. The zero-order valence-electron chi connectivity index (χ0n) is 77.5. The summed E-state index contributed by atoms with van der Waals surface area (Å²) in [4.78, 5) is 5.02. The second-order valence-electron chi connectivity index (χ2n) is 39.1. The number of nitrogens with zero attached hydrogens (tertiary/aromatic N) is 2. The highest BCUT2D eigenvalue weighted by Gasteiger charge is 2.55. The molecule has 2 nitrogen and oxygen atoms in total. The molecule has 0 amide bonds. The first-order valence-corrected chi connectivity index (χ1v) is 49.1. The smallest absolute Gasteiger partial charge is 0.0726 e. The Morgan fingerprint density at radius 3 is 0.771 bits per heavy atom. The van der Waals surface area contributed by atoms with E-state index in [4.69, 9.17) is 0 Å². The van der Waals surface area contributed by atoms with Gasteiger partial charge in [-0.25, -0.2) is 0 Å². The van der Waals surface area contributed by atoms with Gasteiger partial charge in [-0.15, -0.1) is 0 Å². The second-order valence-corrected chi connectivity index (χ2v) is 39.1. The predicted molar refractivity (Wildman–Crippen MR) is 581 cm³/mol. The summed E-state index contributed by atoms with van der Waals surface area (Å²) in [5, 5.41) is 0. The highest BCUT2D eigenvalue weighted by atomic mass is 15.2. The molecule has 22 aromatic rings. The maximum Gasteiger partial charge on any atom is 0.0726 e. The van der Waals surface area contributed by atoms with E-state index in [-0.39, 0.29) is 5.41 Å². The number of benzene rings is 22. The third kappa shape index (κ3) is 11.9. The van der Waals surface area contributed by atoms with Crippen LogP contribution in [0.25, 0.3) is 145 Å². The molecule has 22 aromatic carbocycles. The lowest BCUT2D eigenvalue weighted by Gasteiger charge is -2.34. The topological polar surface area (TPSA) is 6.48 Å². The molecule has 28 rings (SSSR count). The molecule has 0 radical (unpaired) electrons. The van der Waals surface area contributed by atoms with Gasteiger partial charge in [-0.3, -0.25) is 0 Å². The van der Waals surface area contributed by atoms with Crippen molar-refractivity contribution in [3.8, 4) is 145 Å². The zero-order valence-corrected chi connectivity index (χ0v) is 77.5. The van der Waals surface area contributed by atoms with Gasteiger partial charge in [-0.2, -0.15) is 0 Å². The molecule has 2 heteroatoms. The molecule has 0 aliphatic heterocycles. The second kappa shape index (κ2) is 31.5. The van der Waals surface area contributed by atoms with E-state index in [1.807, 2.05) is 0 Å². The molecule has 6 aliphatic rings. The van der Waals surface area contributed by atoms with Crippen molar-refractivity contribution >= 4 is 34.1 Å². The zero-order chi connectivity index (χ0) is 92.5. The van der Waals surface area contributed by atoms with Gasteiger partial charge in [-0.1, -0.05) is 445 Å². The van der Waals surface area contributed by atoms with E-state index in [1.165, 1.54) is 161 Å². The van der Waals surface area contributed by atoms with Crippen LogP contribution in [-0.2, 0) is 21.7 Å². The molecule has 6 aliphatic carbocycles. The molecule has 1 unspecified atom stereocenters. The molecule has 654 valence electrons. The van der Waals surface area contributed by atoms with Gasteiger partial charge in [0.15, 0.2) is 0 Å². The van der Waals surface area contributed by atoms with Crippen LogP contribution in [0.4, 0.5) is 34.1 Å². The molecule has 0 saturated carbocycles. The number of hydrogen-bond donors (Lipinski definition) is 0. The molecule has 1 atom stereocenters. The molecule has 0 N–H and O–H groups in total. The van der Waals surface area contributed by atoms with Crippen LogP contribution in [0.3, 0.4) is 0 Å². The van der Waals surface area contributed by atoms with Crippen molar-refractivity contribution in [1.29, 1.82) is 0 Å². The van der Waals surface area contributed by atoms with Gasteiger partial charge in [-0.05, 0) is 308 Å². The molecule has 0 aromatic heterocycles. The Balaban J connectivity index is 0.508. The normalized spacial score (nSPS) is 14.6. The molecule has 0 bridgehead atoms. The number of hydrogen-bond acceptors (Lipinski definition) is 2. The summed E-state index contributed by atoms with van der Waals surface area (Å²) in [6, 6.07) is 197. The van der Waals surface area contributed by atoms with Crippen molar-refractivity contribution in [2.24, 2.45) is 0 Å². The average Bonchev–Trinajstić information content (AvgIpc) is 1.51. The van der Waals surface area contributed by atoms with Gasteiger partial charge in [0.1, 0.15) is 0 Å². The summed E-state index contributed by atoms with van der Waals surface area (Å²) in [6.07, 6.45) is 0. The van der Waals surface area contributed by atoms with E-state index in [1.54, 1.807) is 0 Å². The first-order valence-electron chi connectivity index (χ1n) is 49.1. The Labute approximate surface area is 817 Å². The fraction of sp³-hybridized carbons (Fsp3) is 0.0435. The van der Waals surface area contributed by atoms with Gasteiger partial charge in [0.25, 0.3) is 0 Å². The van der Waals surface area contributed by atoms with E-state index in [9.17, 15) is 0 Å². The standard InChI is InChI=1S/C138H92N2/c1-135(2)129-84-100(90-32-9-4-10-33-90)66-76-116(129)117-78-73-106(86-130(117)135)139(107-74-79-119-114-45-20-27-52-127(114)137(132(119)87-107)123-48-23-16-40-109(123)110-41-17-24-49-124(110)137)104-69-62-94(63-70-104)93-56-54-91(55-57-93)92-58-60-95(61-59-92)98-36-29-39-103(82-98)136(102-37-13-6-14-38-102)122-47-22-15-44-113(122)118-77-67-101(85-131(118)136)96-64-71-105(72-65-96)140(134-81-68-99(89-30-7-3-8-31-89)83-121(134)97-34-11-5-12-35-97)108-75-80-120-115-46-21-28-53-128(115)138(133(120)88-108)125-50-25-18-42-111(125)112-43-19-26-51-126(112)138/h3-88H,1-2H3. The van der Waals surface area contributed by atoms with E-state index in [2.05, 4.69) is 545 Å². The molecule has 140 heavy (non-hydrogen) atoms. The first-order chi connectivity index (χ1) is 69.2. The average molecular weight is 1780 g/mol. The van der Waals surface area contributed by atoms with E-state index < -0.39 is 16.2 Å². The largest absolute Gasteiger partial charge is 0.310 e. The van der Waals surface area contributed by atoms with Crippen LogP contribution in [0.1, 0.15) is 91.7 Å². The highest BCUT2D eigenvalue weighted by Crippen LogP contribution is 2.67. The Morgan fingerprint density at radius 1 is 0.129 bits per heavy atom. The Kier molecular flexibility index (Phi) is 18.2. The van der Waals surface area contributed by atoms with Crippen LogP contribution in [-0.4, -0.2) is 0 Å². The third-order valence-corrected chi connectivity index (χ3v) is 31.8. The van der Waals surface area contributed by atoms with Crippen LogP contribution in [0.5, 0.6) is 0 Å². The molecule has 0 fully saturated rings. The fourth-order valence-corrected chi connectivity index (χ4v) is 25.6. The molecule has 0 heterocycles. The third-order valence-electron chi connectivity index (χ3n) is 31.8. The lowest BCUT2D eigenvalue weighted by molar-refractivity contribution is 0.660. The Hall–Kier alpha value is -17.6. The molecular formula is C138H92N2. The summed E-state index contributed by atoms with van der Waals surface area (Å²) in [7, 11) is 0. The van der Waals surface area contributed by atoms with Gasteiger partial charge in [0, 0.05) is 39.4 Å². The van der Waals surface area contributed by atoms with Crippen molar-refractivity contribution in [3.05, 3.63) is 600 Å². The SMILES string of the molecule is CC1(C)c2cc(-c3ccccc3)ccc2-c2ccc(N(c3ccc(-c4ccc(-c5ccc(-c6cccc(C7(c8ccccc8)c8ccccc8-c8ccc(-c9ccc(N(c%10ccc%11c(c%10)C%10(c%12ccccc%12-c%12ccccc%12%10)c%10ccccc%10-%11)c%10ccc(-c%11ccccc%11)cc%10-c%10ccccc%10)cc9)cc87)c6)cc5)cc4)cc3)c3ccc4c(c3)C3(c5ccccc5-c5ccccc53)c3ccccc3-4)cc21. The van der Waals surface area contributed by atoms with Crippen molar-refractivity contribution in [1.82, 2.24) is 0 Å². The minimum Gasteiger partial charge on any atom is -0.310 e. The van der Waals surface area contributed by atoms with Gasteiger partial charge in [0.05, 0.1) is 21.9 Å². The Bertz CT molecular complexity index is 8660. The monoisotopic (exact) mass is 1780 g/mol. The van der Waals surface area contributed by atoms with E-state index in [0.29, 0.717) is 0 Å². The molecule has 2 spiro atoms. The van der Waals surface area contributed by atoms with Crippen LogP contribution < -0.4 is 9.80 Å². The number of anilines is 6. The van der Waals surface area contributed by atoms with Gasteiger partial charge < -0.3 is 9.80 Å². The first kappa shape index (κ1) is 80.9. The summed E-state index contributed by atoms with van der Waals surface area (Å²) >= 11 is 0. The van der Waals surface area contributed by atoms with Gasteiger partial charge in [0.2, 0.25) is 0 Å². The lowest BCUT2D eigenvalue weighted by atomic mass is 9.67. The lowest BCUT2D eigenvalue weighted by Crippen LogP contribution is -2.28. The van der Waals surface area contributed by atoms with E-state index in [0.717, 1.165) is 95.3 Å². The fourth-order valence-electron chi connectivity index (χ4n) is 25.6. The summed E-state index contributed by atoms with van der Waals surface area (Å²) in [5.74, 6) is 0. The predicted octanol–water partition coefficient (Wildman–Crippen LogP) is 35.7. The van der Waals surface area contributed by atoms with Crippen LogP contribution in [0.2, 0.25) is 0 Å². The van der Waals surface area contributed by atoms with Crippen LogP contribution in [0.15, 0.2) is 522 Å². The Morgan fingerprint density at radius 2 is 0.364 bits per heavy atom. The summed E-state index contributed by atoms with van der Waals surface area (Å²) in [6.45, 7) is 4.81. The highest BCUT2D eigenvalue weighted by molar-refractivity contribution is 6.02. The molecule has 0 saturated heterocycles. The number of fused-ring (bicyclic) bond motifs is 26. The van der Waals surface area contributed by atoms with Crippen molar-refractivity contribution < 1.29 is 0 Å².